The Morgan fingerprint density at radius 1 is 0.634 bits per heavy atom. The number of hydrazone groups is 2. The van der Waals surface area contributed by atoms with E-state index in [9.17, 15) is 20.2 Å². The first-order valence-corrected chi connectivity index (χ1v) is 12.0. The summed E-state index contributed by atoms with van der Waals surface area (Å²) in [5, 5.41) is 35.4. The monoisotopic (exact) mass is 548 g/mol. The molecular formula is C27H20N10O4. The first kappa shape index (κ1) is 26.3. The van der Waals surface area contributed by atoms with E-state index in [1.54, 1.807) is 24.3 Å². The maximum absolute atomic E-state index is 11.0. The number of nitrogens with zero attached hydrogens (tertiary/aromatic N) is 7. The number of rotatable bonds is 10. The van der Waals surface area contributed by atoms with E-state index in [0.29, 0.717) is 11.1 Å². The summed E-state index contributed by atoms with van der Waals surface area (Å²) in [4.78, 5) is 34.1. The summed E-state index contributed by atoms with van der Waals surface area (Å²) in [5.41, 5.74) is 7.02. The van der Waals surface area contributed by atoms with Gasteiger partial charge < -0.3 is 5.32 Å². The minimum absolute atomic E-state index is 0.0532. The van der Waals surface area contributed by atoms with Gasteiger partial charge in [-0.05, 0) is 11.5 Å². The Hall–Kier alpha value is -6.31. The minimum atomic E-state index is -0.492. The van der Waals surface area contributed by atoms with Crippen molar-refractivity contribution in [1.29, 1.82) is 0 Å². The van der Waals surface area contributed by atoms with Gasteiger partial charge in [-0.2, -0.15) is 25.2 Å². The smallest absolute Gasteiger partial charge is 0.270 e. The van der Waals surface area contributed by atoms with Crippen LogP contribution in [0.25, 0.3) is 10.8 Å². The topological polar surface area (TPSA) is 186 Å². The molecule has 0 atom stereocenters. The van der Waals surface area contributed by atoms with Crippen LogP contribution in [0.1, 0.15) is 11.1 Å². The SMILES string of the molecule is O=[N+]([O-])c1cccc(/C=N/Nc2nc(N/N=C/c3cccc([N+](=O)[O-])c3)nc(Nc3cccc4ccccc34)n2)c1. The van der Waals surface area contributed by atoms with Gasteiger partial charge in [-0.25, -0.2) is 10.9 Å². The first-order chi connectivity index (χ1) is 19.9. The van der Waals surface area contributed by atoms with E-state index in [1.807, 2.05) is 42.5 Å². The molecule has 0 spiro atoms. The Bertz CT molecular complexity index is 1720. The van der Waals surface area contributed by atoms with Gasteiger partial charge in [0.05, 0.1) is 22.3 Å². The van der Waals surface area contributed by atoms with Crippen LogP contribution >= 0.6 is 0 Å². The Morgan fingerprint density at radius 3 is 1.73 bits per heavy atom. The summed E-state index contributed by atoms with van der Waals surface area (Å²) >= 11 is 0. The molecule has 41 heavy (non-hydrogen) atoms. The highest BCUT2D eigenvalue weighted by atomic mass is 16.6. The molecule has 1 aromatic heterocycles. The summed E-state index contributed by atoms with van der Waals surface area (Å²) in [6, 6.07) is 25.5. The van der Waals surface area contributed by atoms with Crippen molar-refractivity contribution in [3.63, 3.8) is 0 Å². The van der Waals surface area contributed by atoms with Crippen molar-refractivity contribution in [3.8, 4) is 0 Å². The van der Waals surface area contributed by atoms with Gasteiger partial charge in [0.15, 0.2) is 0 Å². The number of anilines is 4. The Balaban J connectivity index is 1.41. The van der Waals surface area contributed by atoms with Crippen molar-refractivity contribution in [2.45, 2.75) is 0 Å². The molecule has 5 rings (SSSR count). The third-order valence-electron chi connectivity index (χ3n) is 5.59. The average molecular weight is 549 g/mol. The number of nitro benzene ring substituents is 2. The molecule has 0 aliphatic carbocycles. The third kappa shape index (κ3) is 6.77. The van der Waals surface area contributed by atoms with Crippen LogP contribution < -0.4 is 16.2 Å². The van der Waals surface area contributed by atoms with Crippen molar-refractivity contribution >= 4 is 58.1 Å². The fourth-order valence-corrected chi connectivity index (χ4v) is 3.75. The lowest BCUT2D eigenvalue weighted by molar-refractivity contribution is -0.385. The van der Waals surface area contributed by atoms with Crippen LogP contribution in [-0.4, -0.2) is 37.2 Å². The lowest BCUT2D eigenvalue weighted by atomic mass is 10.1. The number of nitrogens with one attached hydrogen (secondary N) is 3. The molecule has 0 bridgehead atoms. The zero-order valence-corrected chi connectivity index (χ0v) is 21.1. The van der Waals surface area contributed by atoms with Gasteiger partial charge in [-0.3, -0.25) is 20.2 Å². The van der Waals surface area contributed by atoms with E-state index in [2.05, 4.69) is 41.3 Å². The molecule has 0 aliphatic rings. The van der Waals surface area contributed by atoms with Crippen molar-refractivity contribution in [2.24, 2.45) is 10.2 Å². The predicted octanol–water partition coefficient (Wildman–Crippen LogP) is 5.48. The molecule has 0 radical (unpaired) electrons. The van der Waals surface area contributed by atoms with E-state index < -0.39 is 9.85 Å². The van der Waals surface area contributed by atoms with E-state index >= 15 is 0 Å². The molecule has 0 saturated carbocycles. The number of aromatic nitrogens is 3. The Labute approximate surface area is 231 Å². The second-order valence-electron chi connectivity index (χ2n) is 8.40. The maximum Gasteiger partial charge on any atom is 0.270 e. The molecule has 1 heterocycles. The molecular weight excluding hydrogens is 528 g/mol. The average Bonchev–Trinajstić information content (AvgIpc) is 2.98. The Kier molecular flexibility index (Phi) is 7.72. The molecule has 0 aliphatic heterocycles. The fraction of sp³-hybridized carbons (Fsp3) is 0. The quantitative estimate of drug-likeness (QED) is 0.115. The van der Waals surface area contributed by atoms with Crippen LogP contribution in [-0.2, 0) is 0 Å². The fourth-order valence-electron chi connectivity index (χ4n) is 3.75. The second kappa shape index (κ2) is 12.0. The van der Waals surface area contributed by atoms with Crippen molar-refractivity contribution in [3.05, 3.63) is 122 Å². The molecule has 5 aromatic rings. The van der Waals surface area contributed by atoms with E-state index in [0.717, 1.165) is 16.5 Å². The molecule has 0 amide bonds. The number of hydrogen-bond acceptors (Lipinski definition) is 12. The lowest BCUT2D eigenvalue weighted by Crippen LogP contribution is -2.07. The van der Waals surface area contributed by atoms with Crippen LogP contribution in [0.15, 0.2) is 101 Å². The second-order valence-corrected chi connectivity index (χ2v) is 8.40. The largest absolute Gasteiger partial charge is 0.323 e. The summed E-state index contributed by atoms with van der Waals surface area (Å²) in [6.07, 6.45) is 2.78. The summed E-state index contributed by atoms with van der Waals surface area (Å²) < 4.78 is 0. The third-order valence-corrected chi connectivity index (χ3v) is 5.59. The molecule has 4 aromatic carbocycles. The van der Waals surface area contributed by atoms with Crippen LogP contribution in [0, 0.1) is 20.2 Å². The van der Waals surface area contributed by atoms with E-state index in [4.69, 9.17) is 0 Å². The zero-order valence-electron chi connectivity index (χ0n) is 21.1. The molecule has 3 N–H and O–H groups in total. The molecule has 14 nitrogen and oxygen atoms in total. The highest BCUT2D eigenvalue weighted by molar-refractivity contribution is 5.95. The van der Waals surface area contributed by atoms with E-state index in [-0.39, 0.29) is 29.2 Å². The van der Waals surface area contributed by atoms with Crippen LogP contribution in [0.4, 0.5) is 34.9 Å². The van der Waals surface area contributed by atoms with Crippen molar-refractivity contribution in [1.82, 2.24) is 15.0 Å². The van der Waals surface area contributed by atoms with Crippen molar-refractivity contribution < 1.29 is 9.85 Å². The van der Waals surface area contributed by atoms with Crippen molar-refractivity contribution in [2.75, 3.05) is 16.2 Å². The predicted molar refractivity (Wildman–Crippen MR) is 156 cm³/mol. The molecule has 14 heteroatoms. The molecule has 0 saturated heterocycles. The van der Waals surface area contributed by atoms with Gasteiger partial charge >= 0.3 is 0 Å². The summed E-state index contributed by atoms with van der Waals surface area (Å²) in [7, 11) is 0. The van der Waals surface area contributed by atoms with Crippen LogP contribution in [0.2, 0.25) is 0 Å². The van der Waals surface area contributed by atoms with Gasteiger partial charge in [-0.15, -0.1) is 0 Å². The summed E-state index contributed by atoms with van der Waals surface area (Å²) in [6.45, 7) is 0. The number of non-ortho nitro benzene ring substituents is 2. The number of nitro groups is 2. The molecule has 0 unspecified atom stereocenters. The van der Waals surface area contributed by atoms with Crippen LogP contribution in [0.3, 0.4) is 0 Å². The van der Waals surface area contributed by atoms with E-state index in [1.165, 1.54) is 36.7 Å². The van der Waals surface area contributed by atoms with Gasteiger partial charge in [0.25, 0.3) is 11.4 Å². The van der Waals surface area contributed by atoms with Gasteiger partial charge in [0.1, 0.15) is 0 Å². The van der Waals surface area contributed by atoms with Gasteiger partial charge in [-0.1, -0.05) is 60.7 Å². The highest BCUT2D eigenvalue weighted by Gasteiger charge is 2.09. The number of benzene rings is 4. The zero-order chi connectivity index (χ0) is 28.6. The highest BCUT2D eigenvalue weighted by Crippen LogP contribution is 2.25. The normalized spacial score (nSPS) is 11.1. The number of fused-ring (bicyclic) bond motifs is 1. The number of hydrogen-bond donors (Lipinski definition) is 3. The van der Waals surface area contributed by atoms with Crippen LogP contribution in [0.5, 0.6) is 0 Å². The van der Waals surface area contributed by atoms with Gasteiger partial charge in [0.2, 0.25) is 17.8 Å². The Morgan fingerprint density at radius 2 is 1.15 bits per heavy atom. The molecule has 202 valence electrons. The lowest BCUT2D eigenvalue weighted by Gasteiger charge is -2.10. The molecule has 0 fully saturated rings. The van der Waals surface area contributed by atoms with Gasteiger partial charge in [0, 0.05) is 46.5 Å². The first-order valence-electron chi connectivity index (χ1n) is 12.0. The standard InChI is InChI=1S/C27H20N10O4/c38-36(39)21-10-3-6-18(14-21)16-28-34-26-31-25(30-24-13-5-9-20-8-1-2-12-23(20)24)32-27(33-26)35-29-17-19-7-4-11-22(15-19)37(40)41/h1-17H,(H3,30,31,32,33,34,35)/b28-16+,29-17+. The summed E-state index contributed by atoms with van der Waals surface area (Å²) in [5.74, 6) is 0.285. The minimum Gasteiger partial charge on any atom is -0.323 e. The maximum atomic E-state index is 11.0.